The first kappa shape index (κ1) is 24.8. The molecular formula is C30H33N3O4. The molecule has 2 aliphatic rings. The number of fused-ring (bicyclic) bond motifs is 1. The summed E-state index contributed by atoms with van der Waals surface area (Å²) in [6, 6.07) is 27.3. The van der Waals surface area contributed by atoms with Gasteiger partial charge in [-0.3, -0.25) is 9.69 Å². The van der Waals surface area contributed by atoms with Crippen molar-refractivity contribution >= 4 is 23.4 Å². The summed E-state index contributed by atoms with van der Waals surface area (Å²) >= 11 is 0. The molecule has 2 heterocycles. The number of carbonyl (C=O) groups excluding carboxylic acids is 2. The van der Waals surface area contributed by atoms with Gasteiger partial charge in [0.1, 0.15) is 12.6 Å². The van der Waals surface area contributed by atoms with Crippen molar-refractivity contribution in [2.75, 3.05) is 30.0 Å². The van der Waals surface area contributed by atoms with Gasteiger partial charge < -0.3 is 19.3 Å². The molecule has 1 saturated heterocycles. The van der Waals surface area contributed by atoms with Crippen molar-refractivity contribution in [3.8, 4) is 0 Å². The van der Waals surface area contributed by atoms with Gasteiger partial charge in [0, 0.05) is 32.7 Å². The van der Waals surface area contributed by atoms with Crippen LogP contribution in [0.3, 0.4) is 0 Å². The molecule has 3 aromatic rings. The molecule has 2 aliphatic heterocycles. The number of hydrogen-bond acceptors (Lipinski definition) is 5. The average molecular weight is 500 g/mol. The van der Waals surface area contributed by atoms with Gasteiger partial charge >= 0.3 is 6.09 Å². The molecule has 192 valence electrons. The summed E-state index contributed by atoms with van der Waals surface area (Å²) in [7, 11) is 1.62. The molecule has 1 unspecified atom stereocenters. The van der Waals surface area contributed by atoms with Crippen molar-refractivity contribution in [3.05, 3.63) is 96.1 Å². The van der Waals surface area contributed by atoms with E-state index in [9.17, 15) is 9.59 Å². The highest BCUT2D eigenvalue weighted by atomic mass is 16.6. The molecule has 3 atom stereocenters. The highest BCUT2D eigenvalue weighted by molar-refractivity contribution is 6.02. The fourth-order valence-electron chi connectivity index (χ4n) is 5.25. The van der Waals surface area contributed by atoms with E-state index in [4.69, 9.17) is 9.47 Å². The minimum atomic E-state index is -0.644. The molecule has 0 aliphatic carbocycles. The van der Waals surface area contributed by atoms with Gasteiger partial charge in [0.05, 0.1) is 24.0 Å². The fourth-order valence-corrected chi connectivity index (χ4v) is 5.25. The van der Waals surface area contributed by atoms with Crippen LogP contribution in [0.5, 0.6) is 0 Å². The largest absolute Gasteiger partial charge is 0.445 e. The van der Waals surface area contributed by atoms with Crippen LogP contribution in [-0.4, -0.2) is 55.3 Å². The monoisotopic (exact) mass is 499 g/mol. The van der Waals surface area contributed by atoms with E-state index in [2.05, 4.69) is 30.0 Å². The van der Waals surface area contributed by atoms with Crippen LogP contribution in [0.1, 0.15) is 24.5 Å². The Bertz CT molecular complexity index is 1220. The third kappa shape index (κ3) is 5.32. The summed E-state index contributed by atoms with van der Waals surface area (Å²) in [5, 5.41) is 0. The molecule has 0 aromatic heterocycles. The molecule has 0 radical (unpaired) electrons. The van der Waals surface area contributed by atoms with Gasteiger partial charge in [-0.2, -0.15) is 0 Å². The maximum Gasteiger partial charge on any atom is 0.410 e. The van der Waals surface area contributed by atoms with Crippen LogP contribution in [0.15, 0.2) is 84.9 Å². The van der Waals surface area contributed by atoms with Gasteiger partial charge in [-0.05, 0) is 30.2 Å². The number of anilines is 2. The molecule has 37 heavy (non-hydrogen) atoms. The summed E-state index contributed by atoms with van der Waals surface area (Å²) in [4.78, 5) is 32.8. The Kier molecular flexibility index (Phi) is 7.42. The lowest BCUT2D eigenvalue weighted by Gasteiger charge is -2.43. The SMILES string of the molecule is CO[C@@H]1C[C@@H](C(=O)N2CC(C)N(Cc3ccccc3)c3ccccc32)N(C(=O)OCc2ccccc2)C1. The summed E-state index contributed by atoms with van der Waals surface area (Å²) in [6.45, 7) is 3.91. The summed E-state index contributed by atoms with van der Waals surface area (Å²) < 4.78 is 11.2. The Morgan fingerprint density at radius 3 is 2.14 bits per heavy atom. The Balaban J connectivity index is 1.36. The molecule has 1 fully saturated rings. The van der Waals surface area contributed by atoms with E-state index in [0.29, 0.717) is 19.5 Å². The van der Waals surface area contributed by atoms with Crippen LogP contribution < -0.4 is 9.80 Å². The van der Waals surface area contributed by atoms with Gasteiger partial charge in [0.25, 0.3) is 0 Å². The van der Waals surface area contributed by atoms with E-state index in [1.165, 1.54) is 10.5 Å². The fraction of sp³-hybridized carbons (Fsp3) is 0.333. The zero-order valence-corrected chi connectivity index (χ0v) is 21.3. The van der Waals surface area contributed by atoms with Crippen molar-refractivity contribution in [1.82, 2.24) is 4.90 Å². The number of amides is 2. The number of methoxy groups -OCH3 is 1. The number of hydrogen-bond donors (Lipinski definition) is 0. The summed E-state index contributed by atoms with van der Waals surface area (Å²) in [5.41, 5.74) is 3.99. The van der Waals surface area contributed by atoms with Crippen LogP contribution in [0, 0.1) is 0 Å². The molecule has 5 rings (SSSR count). The minimum absolute atomic E-state index is 0.0946. The molecule has 2 amide bonds. The number of carbonyl (C=O) groups is 2. The number of nitrogens with zero attached hydrogens (tertiary/aromatic N) is 3. The topological polar surface area (TPSA) is 62.3 Å². The zero-order valence-electron chi connectivity index (χ0n) is 21.3. The van der Waals surface area contributed by atoms with Gasteiger partial charge in [-0.1, -0.05) is 72.8 Å². The average Bonchev–Trinajstić information content (AvgIpc) is 3.39. The molecule has 0 saturated carbocycles. The zero-order chi connectivity index (χ0) is 25.8. The maximum absolute atomic E-state index is 14.0. The van der Waals surface area contributed by atoms with Gasteiger partial charge in [-0.15, -0.1) is 0 Å². The Hall–Kier alpha value is -3.84. The molecule has 3 aromatic carbocycles. The molecule has 0 bridgehead atoms. The Morgan fingerprint density at radius 2 is 1.46 bits per heavy atom. The third-order valence-electron chi connectivity index (χ3n) is 7.24. The van der Waals surface area contributed by atoms with Gasteiger partial charge in [0.15, 0.2) is 0 Å². The van der Waals surface area contributed by atoms with E-state index in [0.717, 1.165) is 23.5 Å². The van der Waals surface area contributed by atoms with Gasteiger partial charge in [-0.25, -0.2) is 4.79 Å². The number of likely N-dealkylation sites (tertiary alicyclic amines) is 1. The first-order valence-corrected chi connectivity index (χ1v) is 12.8. The first-order valence-electron chi connectivity index (χ1n) is 12.8. The normalized spacial score (nSPS) is 21.0. The first-order chi connectivity index (χ1) is 18.0. The Morgan fingerprint density at radius 1 is 0.838 bits per heavy atom. The minimum Gasteiger partial charge on any atom is -0.445 e. The van der Waals surface area contributed by atoms with Crippen LogP contribution in [0.4, 0.5) is 16.2 Å². The summed E-state index contributed by atoms with van der Waals surface area (Å²) in [5.74, 6) is -0.102. The number of rotatable bonds is 6. The second kappa shape index (κ2) is 11.0. The third-order valence-corrected chi connectivity index (χ3v) is 7.24. The van der Waals surface area contributed by atoms with Crippen LogP contribution in [-0.2, 0) is 27.4 Å². The molecule has 0 N–H and O–H groups in total. The number of benzene rings is 3. The second-order valence-electron chi connectivity index (χ2n) is 9.70. The van der Waals surface area contributed by atoms with Crippen LogP contribution in [0.2, 0.25) is 0 Å². The van der Waals surface area contributed by atoms with E-state index in [1.807, 2.05) is 71.6 Å². The predicted molar refractivity (Wildman–Crippen MR) is 143 cm³/mol. The van der Waals surface area contributed by atoms with Crippen molar-refractivity contribution in [2.45, 2.75) is 44.7 Å². The Labute approximate surface area is 218 Å². The lowest BCUT2D eigenvalue weighted by molar-refractivity contribution is -0.122. The van der Waals surface area contributed by atoms with Crippen LogP contribution in [0.25, 0.3) is 0 Å². The van der Waals surface area contributed by atoms with E-state index in [1.54, 1.807) is 7.11 Å². The number of para-hydroxylation sites is 2. The summed E-state index contributed by atoms with van der Waals surface area (Å²) in [6.07, 6.45) is -0.271. The van der Waals surface area contributed by atoms with Crippen molar-refractivity contribution in [3.63, 3.8) is 0 Å². The lowest BCUT2D eigenvalue weighted by Crippen LogP contribution is -2.54. The quantitative estimate of drug-likeness (QED) is 0.485. The smallest absolute Gasteiger partial charge is 0.410 e. The van der Waals surface area contributed by atoms with E-state index < -0.39 is 12.1 Å². The van der Waals surface area contributed by atoms with Crippen molar-refractivity contribution in [1.29, 1.82) is 0 Å². The van der Waals surface area contributed by atoms with Crippen molar-refractivity contribution in [2.24, 2.45) is 0 Å². The van der Waals surface area contributed by atoms with Gasteiger partial charge in [0.2, 0.25) is 5.91 Å². The predicted octanol–water partition coefficient (Wildman–Crippen LogP) is 4.85. The van der Waals surface area contributed by atoms with Crippen LogP contribution >= 0.6 is 0 Å². The molecular weight excluding hydrogens is 466 g/mol. The highest BCUT2D eigenvalue weighted by Crippen LogP contribution is 2.38. The standard InChI is InChI=1S/C30H33N3O4/c1-22-18-32(27-16-10-9-15-26(27)31(22)19-23-11-5-3-6-12-23)29(34)28-17-25(36-2)20-33(28)30(35)37-21-24-13-7-4-8-14-24/h3-16,22,25,28H,17-21H2,1-2H3/t22?,25-,28+/m1/s1. The van der Waals surface area contributed by atoms with E-state index >= 15 is 0 Å². The number of ether oxygens (including phenoxy) is 2. The second-order valence-corrected chi connectivity index (χ2v) is 9.70. The van der Waals surface area contributed by atoms with E-state index in [-0.39, 0.29) is 24.7 Å². The maximum atomic E-state index is 14.0. The molecule has 7 heteroatoms. The molecule has 7 nitrogen and oxygen atoms in total. The molecule has 0 spiro atoms. The highest BCUT2D eigenvalue weighted by Gasteiger charge is 2.44. The lowest BCUT2D eigenvalue weighted by atomic mass is 10.0. The van der Waals surface area contributed by atoms with Crippen molar-refractivity contribution < 1.29 is 19.1 Å².